The molecule has 1 aromatic rings. The highest BCUT2D eigenvalue weighted by Crippen LogP contribution is 2.10. The average molecular weight is 295 g/mol. The van der Waals surface area contributed by atoms with Gasteiger partial charge in [-0.2, -0.15) is 16.9 Å². The molecule has 6 heteroatoms. The van der Waals surface area contributed by atoms with Gasteiger partial charge in [0, 0.05) is 43.4 Å². The van der Waals surface area contributed by atoms with Crippen molar-refractivity contribution in [2.75, 3.05) is 31.1 Å². The molecule has 0 amide bonds. The first-order chi connectivity index (χ1) is 9.56. The third kappa shape index (κ3) is 4.16. The first-order valence-electron chi connectivity index (χ1n) is 7.20. The summed E-state index contributed by atoms with van der Waals surface area (Å²) in [5.74, 6) is 3.44. The second kappa shape index (κ2) is 7.02. The summed E-state index contributed by atoms with van der Waals surface area (Å²) in [6.45, 7) is 10.0. The van der Waals surface area contributed by atoms with E-state index in [0.29, 0.717) is 11.9 Å². The summed E-state index contributed by atoms with van der Waals surface area (Å²) in [6.07, 6.45) is 0. The number of aryl methyl sites for hydroxylation is 2. The molecule has 2 N–H and O–H groups in total. The van der Waals surface area contributed by atoms with Crippen LogP contribution in [0.3, 0.4) is 0 Å². The fraction of sp³-hybridized carbons (Fsp3) is 0.714. The monoisotopic (exact) mass is 295 g/mol. The van der Waals surface area contributed by atoms with Crippen LogP contribution in [0.5, 0.6) is 0 Å². The van der Waals surface area contributed by atoms with Gasteiger partial charge in [-0.3, -0.25) is 9.67 Å². The number of aromatic nitrogens is 2. The zero-order valence-corrected chi connectivity index (χ0v) is 13.5. The molecule has 0 saturated carbocycles. The Balaban J connectivity index is 1.84. The number of rotatable bonds is 4. The normalized spacial score (nSPS) is 18.4. The van der Waals surface area contributed by atoms with Crippen molar-refractivity contribution in [2.24, 2.45) is 16.6 Å². The van der Waals surface area contributed by atoms with Crippen LogP contribution in [0.25, 0.3) is 0 Å². The van der Waals surface area contributed by atoms with Gasteiger partial charge < -0.3 is 10.6 Å². The summed E-state index contributed by atoms with van der Waals surface area (Å²) in [4.78, 5) is 6.74. The van der Waals surface area contributed by atoms with Crippen molar-refractivity contribution in [2.45, 2.75) is 27.3 Å². The number of hydrogen-bond acceptors (Lipinski definition) is 3. The topological polar surface area (TPSA) is 59.4 Å². The van der Waals surface area contributed by atoms with Gasteiger partial charge in [0.25, 0.3) is 0 Å². The Morgan fingerprint density at radius 1 is 1.45 bits per heavy atom. The predicted octanol–water partition coefficient (Wildman–Crippen LogP) is 1.50. The van der Waals surface area contributed by atoms with E-state index in [1.807, 2.05) is 18.7 Å². The highest BCUT2D eigenvalue weighted by atomic mass is 32.2. The van der Waals surface area contributed by atoms with Crippen LogP contribution in [0.1, 0.15) is 18.3 Å². The van der Waals surface area contributed by atoms with Crippen molar-refractivity contribution in [3.63, 3.8) is 0 Å². The van der Waals surface area contributed by atoms with Crippen molar-refractivity contribution in [3.8, 4) is 0 Å². The lowest BCUT2D eigenvalue weighted by molar-refractivity contribution is 0.433. The first-order valence-corrected chi connectivity index (χ1v) is 8.35. The molecule has 1 aromatic heterocycles. The Morgan fingerprint density at radius 2 is 2.15 bits per heavy atom. The molecule has 1 saturated heterocycles. The molecule has 0 spiro atoms. The van der Waals surface area contributed by atoms with E-state index in [0.717, 1.165) is 43.4 Å². The quantitative estimate of drug-likeness (QED) is 0.675. The molecule has 112 valence electrons. The lowest BCUT2D eigenvalue weighted by Crippen LogP contribution is -2.42. The third-order valence-corrected chi connectivity index (χ3v) is 4.43. The Bertz CT molecular complexity index is 462. The van der Waals surface area contributed by atoms with Crippen LogP contribution in [0.2, 0.25) is 0 Å². The van der Waals surface area contributed by atoms with Gasteiger partial charge in [-0.05, 0) is 25.8 Å². The van der Waals surface area contributed by atoms with Crippen LogP contribution in [-0.2, 0) is 6.54 Å². The molecular formula is C14H25N5S. The standard InChI is InChI=1S/C14H25N5S/c1-11(10-19-13(3)8-12(2)17-19)9-16-14(15)18-4-6-20-7-5-18/h8,11H,4-7,9-10H2,1-3H3,(H2,15,16). The van der Waals surface area contributed by atoms with E-state index >= 15 is 0 Å². The van der Waals surface area contributed by atoms with E-state index in [1.54, 1.807) is 0 Å². The molecule has 1 aliphatic heterocycles. The summed E-state index contributed by atoms with van der Waals surface area (Å²) in [7, 11) is 0. The highest BCUT2D eigenvalue weighted by molar-refractivity contribution is 7.99. The van der Waals surface area contributed by atoms with Gasteiger partial charge in [0.2, 0.25) is 0 Å². The van der Waals surface area contributed by atoms with Crippen molar-refractivity contribution >= 4 is 17.7 Å². The van der Waals surface area contributed by atoms with Crippen LogP contribution in [0, 0.1) is 19.8 Å². The van der Waals surface area contributed by atoms with E-state index in [2.05, 4.69) is 39.6 Å². The smallest absolute Gasteiger partial charge is 0.191 e. The van der Waals surface area contributed by atoms with Gasteiger partial charge in [-0.25, -0.2) is 0 Å². The Hall–Kier alpha value is -1.17. The molecule has 1 fully saturated rings. The van der Waals surface area contributed by atoms with Crippen LogP contribution in [0.15, 0.2) is 11.1 Å². The van der Waals surface area contributed by atoms with Crippen LogP contribution < -0.4 is 5.73 Å². The van der Waals surface area contributed by atoms with E-state index in [4.69, 9.17) is 5.73 Å². The Labute approximate surface area is 125 Å². The van der Waals surface area contributed by atoms with Gasteiger partial charge in [0.05, 0.1) is 5.69 Å². The minimum atomic E-state index is 0.436. The molecule has 1 aliphatic rings. The van der Waals surface area contributed by atoms with Gasteiger partial charge in [0.15, 0.2) is 5.96 Å². The Morgan fingerprint density at radius 3 is 2.75 bits per heavy atom. The molecule has 1 atom stereocenters. The minimum Gasteiger partial charge on any atom is -0.370 e. The largest absolute Gasteiger partial charge is 0.370 e. The van der Waals surface area contributed by atoms with Crippen molar-refractivity contribution in [1.82, 2.24) is 14.7 Å². The molecule has 2 rings (SSSR count). The molecule has 2 heterocycles. The van der Waals surface area contributed by atoms with E-state index < -0.39 is 0 Å². The summed E-state index contributed by atoms with van der Waals surface area (Å²) in [5, 5.41) is 4.49. The van der Waals surface area contributed by atoms with Crippen molar-refractivity contribution in [1.29, 1.82) is 0 Å². The van der Waals surface area contributed by atoms with Gasteiger partial charge in [-0.15, -0.1) is 0 Å². The number of guanidine groups is 1. The molecule has 0 aromatic carbocycles. The number of aliphatic imine (C=N–C) groups is 1. The number of nitrogens with two attached hydrogens (primary N) is 1. The molecule has 20 heavy (non-hydrogen) atoms. The zero-order chi connectivity index (χ0) is 14.5. The van der Waals surface area contributed by atoms with Gasteiger partial charge >= 0.3 is 0 Å². The third-order valence-electron chi connectivity index (χ3n) is 3.49. The van der Waals surface area contributed by atoms with E-state index in [1.165, 1.54) is 5.69 Å². The lowest BCUT2D eigenvalue weighted by Gasteiger charge is -2.27. The number of thioether (sulfide) groups is 1. The average Bonchev–Trinajstić information content (AvgIpc) is 2.75. The van der Waals surface area contributed by atoms with E-state index in [-0.39, 0.29) is 0 Å². The Kier molecular flexibility index (Phi) is 5.34. The van der Waals surface area contributed by atoms with E-state index in [9.17, 15) is 0 Å². The minimum absolute atomic E-state index is 0.436. The summed E-state index contributed by atoms with van der Waals surface area (Å²) < 4.78 is 2.06. The molecule has 1 unspecified atom stereocenters. The highest BCUT2D eigenvalue weighted by Gasteiger charge is 2.13. The molecule has 0 radical (unpaired) electrons. The molecule has 0 bridgehead atoms. The maximum absolute atomic E-state index is 6.07. The van der Waals surface area contributed by atoms with Crippen LogP contribution >= 0.6 is 11.8 Å². The van der Waals surface area contributed by atoms with Gasteiger partial charge in [-0.1, -0.05) is 6.92 Å². The van der Waals surface area contributed by atoms with Gasteiger partial charge in [0.1, 0.15) is 0 Å². The summed E-state index contributed by atoms with van der Waals surface area (Å²) in [5.41, 5.74) is 8.35. The second-order valence-corrected chi connectivity index (χ2v) is 6.74. The second-order valence-electron chi connectivity index (χ2n) is 5.51. The number of nitrogens with zero attached hydrogens (tertiary/aromatic N) is 4. The molecular weight excluding hydrogens is 270 g/mol. The SMILES string of the molecule is Cc1cc(C)n(CC(C)CN=C(N)N2CCSCC2)n1. The summed E-state index contributed by atoms with van der Waals surface area (Å²) >= 11 is 1.98. The molecule has 0 aliphatic carbocycles. The predicted molar refractivity (Wildman–Crippen MR) is 86.3 cm³/mol. The number of hydrogen-bond donors (Lipinski definition) is 1. The lowest BCUT2D eigenvalue weighted by atomic mass is 10.2. The maximum atomic E-state index is 6.07. The summed E-state index contributed by atoms with van der Waals surface area (Å²) in [6, 6.07) is 2.11. The van der Waals surface area contributed by atoms with Crippen molar-refractivity contribution < 1.29 is 0 Å². The van der Waals surface area contributed by atoms with Crippen molar-refractivity contribution in [3.05, 3.63) is 17.5 Å². The zero-order valence-electron chi connectivity index (χ0n) is 12.7. The van der Waals surface area contributed by atoms with Crippen LogP contribution in [-0.4, -0.2) is 51.8 Å². The molecule has 5 nitrogen and oxygen atoms in total. The maximum Gasteiger partial charge on any atom is 0.191 e. The first kappa shape index (κ1) is 15.2. The fourth-order valence-electron chi connectivity index (χ4n) is 2.35. The van der Waals surface area contributed by atoms with Crippen LogP contribution in [0.4, 0.5) is 0 Å². The fourth-order valence-corrected chi connectivity index (χ4v) is 3.26.